The van der Waals surface area contributed by atoms with Crippen molar-refractivity contribution < 1.29 is 18.0 Å². The number of Topliss-reactive ketones (excluding diaryl/α,β-unsaturated/α-hetero) is 1. The lowest BCUT2D eigenvalue weighted by Gasteiger charge is -2.11. The van der Waals surface area contributed by atoms with Gasteiger partial charge >= 0.3 is 6.18 Å². The van der Waals surface area contributed by atoms with Crippen LogP contribution in [0.2, 0.25) is 10.0 Å². The molecule has 7 heteroatoms. The first-order chi connectivity index (χ1) is 8.18. The fourth-order valence-electron chi connectivity index (χ4n) is 1.19. The van der Waals surface area contributed by atoms with Gasteiger partial charge in [0.1, 0.15) is 0 Å². The van der Waals surface area contributed by atoms with Crippen LogP contribution in [0.5, 0.6) is 0 Å². The van der Waals surface area contributed by atoms with Gasteiger partial charge in [0.2, 0.25) is 5.78 Å². The van der Waals surface area contributed by atoms with Crippen LogP contribution < -0.4 is 0 Å². The molecule has 0 aromatic heterocycles. The van der Waals surface area contributed by atoms with Crippen LogP contribution in [-0.2, 0) is 6.18 Å². The molecule has 0 unspecified atom stereocenters. The van der Waals surface area contributed by atoms with Crippen molar-refractivity contribution in [3.05, 3.63) is 44.8 Å². The average molecular weight is 315 g/mol. The van der Waals surface area contributed by atoms with E-state index in [9.17, 15) is 18.0 Å². The number of carbonyl (C=O) groups excluding carboxylic acids is 1. The Morgan fingerprint density at radius 2 is 1.72 bits per heavy atom. The van der Waals surface area contributed by atoms with E-state index in [1.54, 1.807) is 6.26 Å². The summed E-state index contributed by atoms with van der Waals surface area (Å²) in [5.74, 6) is -0.578. The molecular formula is C11H7Cl2F3OS. The number of carbonyl (C=O) groups is 1. The van der Waals surface area contributed by atoms with Crippen LogP contribution in [0.15, 0.2) is 23.6 Å². The largest absolute Gasteiger partial charge is 0.416 e. The summed E-state index contributed by atoms with van der Waals surface area (Å²) in [6.07, 6.45) is -2.95. The van der Waals surface area contributed by atoms with Gasteiger partial charge in [-0.3, -0.25) is 4.79 Å². The Bertz CT molecular complexity index is 488. The SMILES string of the molecule is C=C(SC)C(=O)c1c(Cl)cc(C(F)(F)F)cc1Cl. The van der Waals surface area contributed by atoms with Crippen molar-refractivity contribution in [2.45, 2.75) is 6.18 Å². The zero-order valence-electron chi connectivity index (χ0n) is 9.07. The molecule has 1 aromatic rings. The first kappa shape index (κ1) is 15.4. The molecule has 0 aliphatic rings. The minimum Gasteiger partial charge on any atom is -0.288 e. The van der Waals surface area contributed by atoms with Crippen LogP contribution in [0, 0.1) is 0 Å². The topological polar surface area (TPSA) is 17.1 Å². The maximum absolute atomic E-state index is 12.5. The molecule has 1 nitrogen and oxygen atoms in total. The summed E-state index contributed by atoms with van der Waals surface area (Å²) in [5, 5.41) is -0.676. The number of ketones is 1. The lowest BCUT2D eigenvalue weighted by atomic mass is 10.1. The highest BCUT2D eigenvalue weighted by atomic mass is 35.5. The number of alkyl halides is 3. The Morgan fingerprint density at radius 3 is 2.06 bits per heavy atom. The van der Waals surface area contributed by atoms with Gasteiger partial charge in [0, 0.05) is 4.91 Å². The van der Waals surface area contributed by atoms with E-state index in [4.69, 9.17) is 23.2 Å². The average Bonchev–Trinajstić information content (AvgIpc) is 2.25. The number of halogens is 5. The van der Waals surface area contributed by atoms with Crippen molar-refractivity contribution in [1.29, 1.82) is 0 Å². The highest BCUT2D eigenvalue weighted by Crippen LogP contribution is 2.37. The van der Waals surface area contributed by atoms with E-state index < -0.39 is 17.5 Å². The smallest absolute Gasteiger partial charge is 0.288 e. The molecule has 0 atom stereocenters. The van der Waals surface area contributed by atoms with Crippen LogP contribution in [0.4, 0.5) is 13.2 Å². The molecule has 0 aliphatic heterocycles. The normalized spacial score (nSPS) is 11.4. The minimum absolute atomic E-state index is 0.151. The summed E-state index contributed by atoms with van der Waals surface area (Å²) in [6, 6.07) is 1.35. The Labute approximate surface area is 116 Å². The van der Waals surface area contributed by atoms with Gasteiger partial charge in [-0.1, -0.05) is 29.8 Å². The molecule has 0 N–H and O–H groups in total. The Balaban J connectivity index is 3.34. The maximum Gasteiger partial charge on any atom is 0.416 e. The van der Waals surface area contributed by atoms with Crippen LogP contribution in [-0.4, -0.2) is 12.0 Å². The van der Waals surface area contributed by atoms with Crippen LogP contribution in [0.1, 0.15) is 15.9 Å². The van der Waals surface area contributed by atoms with Crippen molar-refractivity contribution in [3.63, 3.8) is 0 Å². The number of hydrogen-bond donors (Lipinski definition) is 0. The Kier molecular flexibility index (Phi) is 4.75. The quantitative estimate of drug-likeness (QED) is 0.572. The molecule has 1 aromatic carbocycles. The van der Waals surface area contributed by atoms with E-state index in [2.05, 4.69) is 6.58 Å². The number of benzene rings is 1. The second-order valence-electron chi connectivity index (χ2n) is 3.27. The summed E-state index contributed by atoms with van der Waals surface area (Å²) in [6.45, 7) is 3.48. The molecule has 0 heterocycles. The summed E-state index contributed by atoms with van der Waals surface area (Å²) >= 11 is 12.4. The van der Waals surface area contributed by atoms with Gasteiger partial charge < -0.3 is 0 Å². The number of thioether (sulfide) groups is 1. The van der Waals surface area contributed by atoms with E-state index in [1.807, 2.05) is 0 Å². The molecule has 1 rings (SSSR count). The third-order valence-electron chi connectivity index (χ3n) is 2.10. The van der Waals surface area contributed by atoms with Gasteiger partial charge in [0.25, 0.3) is 0 Å². The number of hydrogen-bond acceptors (Lipinski definition) is 2. The zero-order valence-corrected chi connectivity index (χ0v) is 11.4. The molecule has 0 saturated heterocycles. The van der Waals surface area contributed by atoms with Gasteiger partial charge in [-0.05, 0) is 18.4 Å². The molecule has 0 fully saturated rings. The predicted octanol–water partition coefficient (Wildman–Crippen LogP) is 5.07. The van der Waals surface area contributed by atoms with Crippen LogP contribution in [0.25, 0.3) is 0 Å². The molecule has 0 saturated carbocycles. The van der Waals surface area contributed by atoms with Gasteiger partial charge in [0.15, 0.2) is 0 Å². The lowest BCUT2D eigenvalue weighted by Crippen LogP contribution is -2.08. The molecular weight excluding hydrogens is 308 g/mol. The highest BCUT2D eigenvalue weighted by molar-refractivity contribution is 8.03. The van der Waals surface area contributed by atoms with Crippen LogP contribution >= 0.6 is 35.0 Å². The summed E-state index contributed by atoms with van der Waals surface area (Å²) in [7, 11) is 0. The minimum atomic E-state index is -4.56. The predicted molar refractivity (Wildman–Crippen MR) is 68.4 cm³/mol. The molecule has 0 amide bonds. The standard InChI is InChI=1S/C11H7Cl2F3OS/c1-5(18-2)10(17)9-7(12)3-6(4-8(9)13)11(14,15)16/h3-4H,1H2,2H3. The monoisotopic (exact) mass is 314 g/mol. The molecule has 0 bridgehead atoms. The van der Waals surface area contributed by atoms with Crippen molar-refractivity contribution >= 4 is 40.7 Å². The molecule has 18 heavy (non-hydrogen) atoms. The fourth-order valence-corrected chi connectivity index (χ4v) is 2.13. The first-order valence-corrected chi connectivity index (χ1v) is 6.50. The number of rotatable bonds is 3. The third-order valence-corrected chi connectivity index (χ3v) is 3.37. The van der Waals surface area contributed by atoms with Crippen molar-refractivity contribution in [2.24, 2.45) is 0 Å². The van der Waals surface area contributed by atoms with E-state index in [0.717, 1.165) is 11.8 Å². The van der Waals surface area contributed by atoms with E-state index in [1.165, 1.54) is 0 Å². The van der Waals surface area contributed by atoms with Crippen molar-refractivity contribution in [3.8, 4) is 0 Å². The zero-order chi connectivity index (χ0) is 14.1. The highest BCUT2D eigenvalue weighted by Gasteiger charge is 2.32. The van der Waals surface area contributed by atoms with Crippen molar-refractivity contribution in [2.75, 3.05) is 6.26 Å². The van der Waals surface area contributed by atoms with Gasteiger partial charge in [-0.15, -0.1) is 11.8 Å². The second kappa shape index (κ2) is 5.55. The van der Waals surface area contributed by atoms with Crippen LogP contribution in [0.3, 0.4) is 0 Å². The molecule has 0 spiro atoms. The van der Waals surface area contributed by atoms with E-state index in [-0.39, 0.29) is 20.5 Å². The maximum atomic E-state index is 12.5. The Morgan fingerprint density at radius 1 is 1.28 bits per heavy atom. The third kappa shape index (κ3) is 3.22. The van der Waals surface area contributed by atoms with Gasteiger partial charge in [-0.25, -0.2) is 0 Å². The molecule has 0 radical (unpaired) electrons. The summed E-state index contributed by atoms with van der Waals surface area (Å²) in [5.41, 5.74) is -1.16. The number of allylic oxidation sites excluding steroid dienone is 1. The van der Waals surface area contributed by atoms with Gasteiger partial charge in [0.05, 0.1) is 21.2 Å². The fraction of sp³-hybridized carbons (Fsp3) is 0.182. The van der Waals surface area contributed by atoms with E-state index in [0.29, 0.717) is 12.1 Å². The van der Waals surface area contributed by atoms with Crippen molar-refractivity contribution in [1.82, 2.24) is 0 Å². The summed E-state index contributed by atoms with van der Waals surface area (Å²) in [4.78, 5) is 12.0. The first-order valence-electron chi connectivity index (χ1n) is 4.52. The lowest BCUT2D eigenvalue weighted by molar-refractivity contribution is -0.137. The summed E-state index contributed by atoms with van der Waals surface area (Å²) < 4.78 is 37.4. The second-order valence-corrected chi connectivity index (χ2v) is 4.98. The van der Waals surface area contributed by atoms with Gasteiger partial charge in [-0.2, -0.15) is 13.2 Å². The Hall–Kier alpha value is -0.650. The molecule has 0 aliphatic carbocycles. The van der Waals surface area contributed by atoms with E-state index >= 15 is 0 Å². The molecule has 98 valence electrons.